The summed E-state index contributed by atoms with van der Waals surface area (Å²) in [5.74, 6) is -0.208. The van der Waals surface area contributed by atoms with E-state index in [2.05, 4.69) is 21.2 Å². The van der Waals surface area contributed by atoms with E-state index in [0.717, 1.165) is 10.0 Å². The first-order valence-corrected chi connectivity index (χ1v) is 6.53. The molecule has 3 N–H and O–H groups in total. The van der Waals surface area contributed by atoms with E-state index in [1.807, 2.05) is 36.4 Å². The summed E-state index contributed by atoms with van der Waals surface area (Å²) < 4.78 is 1.01. The minimum Gasteiger partial charge on any atom is -0.397 e. The maximum absolute atomic E-state index is 11.7. The fourth-order valence-corrected chi connectivity index (χ4v) is 1.80. The Labute approximate surface area is 120 Å². The molecule has 0 fully saturated rings. The zero-order chi connectivity index (χ0) is 13.7. The Morgan fingerprint density at radius 1 is 1.11 bits per heavy atom. The highest BCUT2D eigenvalue weighted by molar-refractivity contribution is 9.10. The zero-order valence-corrected chi connectivity index (χ0v) is 11.7. The number of anilines is 2. The largest absolute Gasteiger partial charge is 0.397 e. The average Bonchev–Trinajstić information content (AvgIpc) is 2.41. The van der Waals surface area contributed by atoms with Crippen LogP contribution >= 0.6 is 15.9 Å². The summed E-state index contributed by atoms with van der Waals surface area (Å²) >= 11 is 3.36. The predicted octanol–water partition coefficient (Wildman–Crippen LogP) is 3.68. The molecule has 0 aliphatic carbocycles. The van der Waals surface area contributed by atoms with Crippen LogP contribution in [-0.2, 0) is 4.79 Å². The quantitative estimate of drug-likeness (QED) is 0.670. The van der Waals surface area contributed by atoms with Gasteiger partial charge in [0.25, 0.3) is 0 Å². The smallest absolute Gasteiger partial charge is 0.248 e. The van der Waals surface area contributed by atoms with Crippen LogP contribution in [0, 0.1) is 0 Å². The van der Waals surface area contributed by atoms with Gasteiger partial charge >= 0.3 is 0 Å². The molecule has 3 nitrogen and oxygen atoms in total. The van der Waals surface area contributed by atoms with Crippen molar-refractivity contribution in [2.45, 2.75) is 0 Å². The molecule has 0 saturated heterocycles. The van der Waals surface area contributed by atoms with E-state index in [4.69, 9.17) is 5.73 Å². The van der Waals surface area contributed by atoms with Crippen LogP contribution in [0.2, 0.25) is 0 Å². The second kappa shape index (κ2) is 6.20. The first-order chi connectivity index (χ1) is 9.15. The highest BCUT2D eigenvalue weighted by atomic mass is 79.9. The average molecular weight is 317 g/mol. The van der Waals surface area contributed by atoms with E-state index in [1.165, 1.54) is 6.08 Å². The van der Waals surface area contributed by atoms with Gasteiger partial charge in [0.2, 0.25) is 5.91 Å². The number of carbonyl (C=O) groups excluding carboxylic acids is 1. The zero-order valence-electron chi connectivity index (χ0n) is 10.1. The lowest BCUT2D eigenvalue weighted by Crippen LogP contribution is -2.09. The van der Waals surface area contributed by atoms with E-state index in [-0.39, 0.29) is 5.91 Å². The molecule has 2 aromatic carbocycles. The fraction of sp³-hybridized carbons (Fsp3) is 0. The summed E-state index contributed by atoms with van der Waals surface area (Å²) in [6.07, 6.45) is 3.23. The molecule has 0 aliphatic heterocycles. The number of hydrogen-bond acceptors (Lipinski definition) is 2. The van der Waals surface area contributed by atoms with Crippen molar-refractivity contribution in [3.05, 3.63) is 64.6 Å². The molecule has 0 heterocycles. The van der Waals surface area contributed by atoms with Gasteiger partial charge in [-0.3, -0.25) is 4.79 Å². The van der Waals surface area contributed by atoms with E-state index < -0.39 is 0 Å². The van der Waals surface area contributed by atoms with Crippen LogP contribution < -0.4 is 11.1 Å². The molecule has 2 rings (SSSR count). The lowest BCUT2D eigenvalue weighted by Gasteiger charge is -2.04. The summed E-state index contributed by atoms with van der Waals surface area (Å²) in [7, 11) is 0. The maximum Gasteiger partial charge on any atom is 0.248 e. The normalized spacial score (nSPS) is 10.6. The number of benzene rings is 2. The van der Waals surface area contributed by atoms with E-state index >= 15 is 0 Å². The maximum atomic E-state index is 11.7. The van der Waals surface area contributed by atoms with Gasteiger partial charge in [-0.1, -0.05) is 40.2 Å². The van der Waals surface area contributed by atoms with E-state index in [1.54, 1.807) is 18.2 Å². The Kier molecular flexibility index (Phi) is 4.36. The van der Waals surface area contributed by atoms with Crippen molar-refractivity contribution in [1.29, 1.82) is 0 Å². The third-order valence-electron chi connectivity index (χ3n) is 2.52. The summed E-state index contributed by atoms with van der Waals surface area (Å²) in [4.78, 5) is 11.7. The Balaban J connectivity index is 2.02. The monoisotopic (exact) mass is 316 g/mol. The molecule has 0 aliphatic rings. The van der Waals surface area contributed by atoms with Crippen LogP contribution in [0.15, 0.2) is 59.1 Å². The van der Waals surface area contributed by atoms with Gasteiger partial charge in [0, 0.05) is 10.5 Å². The van der Waals surface area contributed by atoms with Gasteiger partial charge < -0.3 is 11.1 Å². The molecule has 96 valence electrons. The van der Waals surface area contributed by atoms with Crippen LogP contribution in [-0.4, -0.2) is 5.91 Å². The molecule has 0 aromatic heterocycles. The third kappa shape index (κ3) is 3.96. The van der Waals surface area contributed by atoms with Crippen LogP contribution in [0.5, 0.6) is 0 Å². The van der Waals surface area contributed by atoms with Gasteiger partial charge in [0.1, 0.15) is 0 Å². The number of para-hydroxylation sites is 2. The minimum atomic E-state index is -0.208. The standard InChI is InChI=1S/C15H13BrN2O/c16-12-8-5-11(6-9-12)7-10-15(19)18-14-4-2-1-3-13(14)17/h1-10H,17H2,(H,18,19)/b10-7+. The number of nitrogens with two attached hydrogens (primary N) is 1. The highest BCUT2D eigenvalue weighted by Crippen LogP contribution is 2.16. The number of nitrogens with one attached hydrogen (secondary N) is 1. The van der Waals surface area contributed by atoms with Crippen molar-refractivity contribution in [2.24, 2.45) is 0 Å². The number of halogens is 1. The first kappa shape index (κ1) is 13.4. The predicted molar refractivity (Wildman–Crippen MR) is 82.7 cm³/mol. The lowest BCUT2D eigenvalue weighted by molar-refractivity contribution is -0.111. The molecule has 0 bridgehead atoms. The van der Waals surface area contributed by atoms with Crippen LogP contribution in [0.4, 0.5) is 11.4 Å². The van der Waals surface area contributed by atoms with Gasteiger partial charge in [0.05, 0.1) is 11.4 Å². The van der Waals surface area contributed by atoms with E-state index in [9.17, 15) is 4.79 Å². The van der Waals surface area contributed by atoms with Gasteiger partial charge in [-0.2, -0.15) is 0 Å². The minimum absolute atomic E-state index is 0.208. The molecule has 1 amide bonds. The molecule has 0 spiro atoms. The topological polar surface area (TPSA) is 55.1 Å². The van der Waals surface area contributed by atoms with Crippen LogP contribution in [0.1, 0.15) is 5.56 Å². The molecule has 0 atom stereocenters. The van der Waals surface area contributed by atoms with Crippen LogP contribution in [0.3, 0.4) is 0 Å². The number of carbonyl (C=O) groups is 1. The molecular weight excluding hydrogens is 304 g/mol. The number of nitrogen functional groups attached to an aromatic ring is 1. The Morgan fingerprint density at radius 3 is 2.47 bits per heavy atom. The molecule has 4 heteroatoms. The van der Waals surface area contributed by atoms with E-state index in [0.29, 0.717) is 11.4 Å². The van der Waals surface area contributed by atoms with Crippen LogP contribution in [0.25, 0.3) is 6.08 Å². The van der Waals surface area contributed by atoms with Gasteiger partial charge in [-0.25, -0.2) is 0 Å². The number of hydrogen-bond donors (Lipinski definition) is 2. The molecular formula is C15H13BrN2O. The van der Waals surface area contributed by atoms with Crippen molar-refractivity contribution >= 4 is 39.3 Å². The molecule has 2 aromatic rings. The molecule has 19 heavy (non-hydrogen) atoms. The van der Waals surface area contributed by atoms with Crippen molar-refractivity contribution in [2.75, 3.05) is 11.1 Å². The second-order valence-corrected chi connectivity index (χ2v) is 4.88. The first-order valence-electron chi connectivity index (χ1n) is 5.74. The second-order valence-electron chi connectivity index (χ2n) is 3.96. The van der Waals surface area contributed by atoms with Gasteiger partial charge in [-0.15, -0.1) is 0 Å². The van der Waals surface area contributed by atoms with Crippen molar-refractivity contribution in [1.82, 2.24) is 0 Å². The Morgan fingerprint density at radius 2 is 1.79 bits per heavy atom. The SMILES string of the molecule is Nc1ccccc1NC(=O)/C=C/c1ccc(Br)cc1. The summed E-state index contributed by atoms with van der Waals surface area (Å²) in [5, 5.41) is 2.73. The fourth-order valence-electron chi connectivity index (χ4n) is 1.53. The molecule has 0 unspecified atom stereocenters. The van der Waals surface area contributed by atoms with Crippen molar-refractivity contribution in [3.63, 3.8) is 0 Å². The molecule has 0 radical (unpaired) electrons. The van der Waals surface area contributed by atoms with Crippen molar-refractivity contribution < 1.29 is 4.79 Å². The van der Waals surface area contributed by atoms with Crippen molar-refractivity contribution in [3.8, 4) is 0 Å². The lowest BCUT2D eigenvalue weighted by atomic mass is 10.2. The Bertz CT molecular complexity index is 606. The summed E-state index contributed by atoms with van der Waals surface area (Å²) in [6.45, 7) is 0. The number of rotatable bonds is 3. The summed E-state index contributed by atoms with van der Waals surface area (Å²) in [5.41, 5.74) is 7.87. The van der Waals surface area contributed by atoms with Gasteiger partial charge in [0.15, 0.2) is 0 Å². The highest BCUT2D eigenvalue weighted by Gasteiger charge is 2.00. The van der Waals surface area contributed by atoms with Gasteiger partial charge in [-0.05, 0) is 35.9 Å². The third-order valence-corrected chi connectivity index (χ3v) is 3.04. The number of amides is 1. The molecule has 0 saturated carbocycles. The Hall–Kier alpha value is -2.07. The summed E-state index contributed by atoms with van der Waals surface area (Å²) in [6, 6.07) is 14.8.